The Hall–Kier alpha value is -1.86. The zero-order chi connectivity index (χ0) is 19.1. The Labute approximate surface area is 167 Å². The normalized spacial score (nSPS) is 20.1. The minimum absolute atomic E-state index is 0.134. The molecule has 27 heavy (non-hydrogen) atoms. The van der Waals surface area contributed by atoms with Crippen LogP contribution in [0.2, 0.25) is 0 Å². The SMILES string of the molecule is O=C(NC1(c2cccc(Br)c2)CCC1)c1ccc(N2CCCS2(=O)=O)cc1. The molecule has 2 aliphatic rings. The molecule has 142 valence electrons. The number of hydrogen-bond donors (Lipinski definition) is 1. The molecule has 4 rings (SSSR count). The van der Waals surface area contributed by atoms with E-state index in [2.05, 4.69) is 27.3 Å². The predicted molar refractivity (Wildman–Crippen MR) is 109 cm³/mol. The summed E-state index contributed by atoms with van der Waals surface area (Å²) in [4.78, 5) is 12.8. The summed E-state index contributed by atoms with van der Waals surface area (Å²) in [6.07, 6.45) is 3.55. The number of carbonyl (C=O) groups excluding carboxylic acids is 1. The second-order valence-corrected chi connectivity index (χ2v) is 10.1. The topological polar surface area (TPSA) is 66.5 Å². The Kier molecular flexibility index (Phi) is 4.76. The second-order valence-electron chi connectivity index (χ2n) is 7.19. The van der Waals surface area contributed by atoms with Crippen molar-refractivity contribution in [3.8, 4) is 0 Å². The number of benzene rings is 2. The van der Waals surface area contributed by atoms with Gasteiger partial charge in [-0.25, -0.2) is 8.42 Å². The van der Waals surface area contributed by atoms with Crippen molar-refractivity contribution in [1.82, 2.24) is 5.32 Å². The van der Waals surface area contributed by atoms with E-state index in [9.17, 15) is 13.2 Å². The number of sulfonamides is 1. The van der Waals surface area contributed by atoms with Crippen LogP contribution in [0, 0.1) is 0 Å². The van der Waals surface area contributed by atoms with E-state index in [4.69, 9.17) is 0 Å². The number of nitrogens with zero attached hydrogens (tertiary/aromatic N) is 1. The highest BCUT2D eigenvalue weighted by Crippen LogP contribution is 2.42. The summed E-state index contributed by atoms with van der Waals surface area (Å²) in [5, 5.41) is 3.20. The fraction of sp³-hybridized carbons (Fsp3) is 0.350. The Bertz CT molecular complexity index is 969. The maximum Gasteiger partial charge on any atom is 0.251 e. The van der Waals surface area contributed by atoms with Crippen molar-refractivity contribution in [2.24, 2.45) is 0 Å². The quantitative estimate of drug-likeness (QED) is 0.773. The van der Waals surface area contributed by atoms with E-state index < -0.39 is 10.0 Å². The molecule has 5 nitrogen and oxygen atoms in total. The monoisotopic (exact) mass is 448 g/mol. The maximum absolute atomic E-state index is 12.8. The van der Waals surface area contributed by atoms with E-state index in [1.807, 2.05) is 18.2 Å². The molecular weight excluding hydrogens is 428 g/mol. The lowest BCUT2D eigenvalue weighted by Crippen LogP contribution is -2.50. The van der Waals surface area contributed by atoms with E-state index in [0.717, 1.165) is 29.3 Å². The highest BCUT2D eigenvalue weighted by atomic mass is 79.9. The summed E-state index contributed by atoms with van der Waals surface area (Å²) >= 11 is 3.50. The summed E-state index contributed by atoms with van der Waals surface area (Å²) in [5.41, 5.74) is 1.94. The molecule has 1 saturated carbocycles. The van der Waals surface area contributed by atoms with Crippen LogP contribution in [0.4, 0.5) is 5.69 Å². The van der Waals surface area contributed by atoms with Crippen LogP contribution in [0.5, 0.6) is 0 Å². The van der Waals surface area contributed by atoms with Crippen molar-refractivity contribution in [2.45, 2.75) is 31.2 Å². The molecule has 0 aromatic heterocycles. The van der Waals surface area contributed by atoms with E-state index in [-0.39, 0.29) is 17.2 Å². The molecule has 1 N–H and O–H groups in total. The fourth-order valence-corrected chi connectivity index (χ4v) is 5.76. The zero-order valence-corrected chi connectivity index (χ0v) is 17.2. The van der Waals surface area contributed by atoms with Gasteiger partial charge in [0.1, 0.15) is 0 Å². The van der Waals surface area contributed by atoms with Gasteiger partial charge in [0, 0.05) is 16.6 Å². The van der Waals surface area contributed by atoms with Crippen LogP contribution < -0.4 is 9.62 Å². The third-order valence-corrected chi connectivity index (χ3v) is 7.82. The number of halogens is 1. The highest BCUT2D eigenvalue weighted by molar-refractivity contribution is 9.10. The molecule has 2 aromatic carbocycles. The maximum atomic E-state index is 12.8. The summed E-state index contributed by atoms with van der Waals surface area (Å²) < 4.78 is 26.5. The van der Waals surface area contributed by atoms with Crippen LogP contribution >= 0.6 is 15.9 Å². The van der Waals surface area contributed by atoms with Crippen molar-refractivity contribution in [3.63, 3.8) is 0 Å². The first-order valence-corrected chi connectivity index (χ1v) is 11.5. The van der Waals surface area contributed by atoms with E-state index in [0.29, 0.717) is 24.2 Å². The van der Waals surface area contributed by atoms with Gasteiger partial charge in [0.2, 0.25) is 10.0 Å². The van der Waals surface area contributed by atoms with Crippen molar-refractivity contribution in [2.75, 3.05) is 16.6 Å². The van der Waals surface area contributed by atoms with Crippen molar-refractivity contribution in [3.05, 3.63) is 64.1 Å². The summed E-state index contributed by atoms with van der Waals surface area (Å²) in [7, 11) is -3.21. The number of nitrogens with one attached hydrogen (secondary N) is 1. The number of rotatable bonds is 4. The number of amides is 1. The Morgan fingerprint density at radius 2 is 1.81 bits per heavy atom. The lowest BCUT2D eigenvalue weighted by atomic mass is 9.71. The second kappa shape index (κ2) is 6.95. The third-order valence-electron chi connectivity index (χ3n) is 5.45. The van der Waals surface area contributed by atoms with Crippen molar-refractivity contribution >= 4 is 37.5 Å². The largest absolute Gasteiger partial charge is 0.343 e. The molecular formula is C20H21BrN2O3S. The zero-order valence-electron chi connectivity index (χ0n) is 14.8. The van der Waals surface area contributed by atoms with Crippen LogP contribution in [-0.4, -0.2) is 26.6 Å². The first kappa shape index (κ1) is 18.5. The van der Waals surface area contributed by atoms with Gasteiger partial charge in [0.25, 0.3) is 5.91 Å². The molecule has 2 aromatic rings. The minimum atomic E-state index is -3.21. The van der Waals surface area contributed by atoms with Crippen LogP contribution in [0.15, 0.2) is 53.0 Å². The van der Waals surface area contributed by atoms with Gasteiger partial charge in [-0.1, -0.05) is 28.1 Å². The molecule has 0 unspecified atom stereocenters. The smallest absolute Gasteiger partial charge is 0.251 e. The first-order chi connectivity index (χ1) is 12.9. The molecule has 1 aliphatic carbocycles. The van der Waals surface area contributed by atoms with Crippen LogP contribution in [-0.2, 0) is 15.6 Å². The molecule has 1 amide bonds. The summed E-state index contributed by atoms with van der Waals surface area (Å²) in [5.74, 6) is 0.0511. The van der Waals surface area contributed by atoms with Gasteiger partial charge in [0.15, 0.2) is 0 Å². The summed E-state index contributed by atoms with van der Waals surface area (Å²) in [6, 6.07) is 14.9. The molecule has 1 aliphatic heterocycles. The van der Waals surface area contributed by atoms with Gasteiger partial charge in [-0.3, -0.25) is 9.10 Å². The lowest BCUT2D eigenvalue weighted by molar-refractivity contribution is 0.0823. The third kappa shape index (κ3) is 3.50. The van der Waals surface area contributed by atoms with Gasteiger partial charge in [-0.05, 0) is 67.6 Å². The molecule has 1 heterocycles. The van der Waals surface area contributed by atoms with Gasteiger partial charge in [0.05, 0.1) is 17.0 Å². The molecule has 0 radical (unpaired) electrons. The van der Waals surface area contributed by atoms with Gasteiger partial charge in [-0.15, -0.1) is 0 Å². The molecule has 2 fully saturated rings. The van der Waals surface area contributed by atoms with E-state index >= 15 is 0 Å². The highest BCUT2D eigenvalue weighted by Gasteiger charge is 2.40. The van der Waals surface area contributed by atoms with Gasteiger partial charge < -0.3 is 5.32 Å². The van der Waals surface area contributed by atoms with Crippen LogP contribution in [0.25, 0.3) is 0 Å². The molecule has 0 bridgehead atoms. The van der Waals surface area contributed by atoms with Crippen LogP contribution in [0.3, 0.4) is 0 Å². The molecule has 0 atom stereocenters. The molecule has 7 heteroatoms. The Morgan fingerprint density at radius 1 is 1.07 bits per heavy atom. The average Bonchev–Trinajstić information content (AvgIpc) is 2.97. The van der Waals surface area contributed by atoms with Crippen molar-refractivity contribution < 1.29 is 13.2 Å². The van der Waals surface area contributed by atoms with E-state index in [1.54, 1.807) is 24.3 Å². The molecule has 0 spiro atoms. The average molecular weight is 449 g/mol. The predicted octanol–water partition coefficient (Wildman–Crippen LogP) is 3.80. The van der Waals surface area contributed by atoms with Crippen molar-refractivity contribution in [1.29, 1.82) is 0 Å². The molecule has 1 saturated heterocycles. The number of anilines is 1. The summed E-state index contributed by atoms with van der Waals surface area (Å²) in [6.45, 7) is 0.500. The van der Waals surface area contributed by atoms with Gasteiger partial charge >= 0.3 is 0 Å². The minimum Gasteiger partial charge on any atom is -0.343 e. The van der Waals surface area contributed by atoms with E-state index in [1.165, 1.54) is 4.31 Å². The lowest BCUT2D eigenvalue weighted by Gasteiger charge is -2.43. The van der Waals surface area contributed by atoms with Crippen LogP contribution in [0.1, 0.15) is 41.6 Å². The van der Waals surface area contributed by atoms with Gasteiger partial charge in [-0.2, -0.15) is 0 Å². The fourth-order valence-electron chi connectivity index (χ4n) is 3.80. The standard InChI is InChI=1S/C20H21BrN2O3S/c21-17-5-1-4-16(14-17)20(10-2-11-20)22-19(24)15-6-8-18(9-7-15)23-12-3-13-27(23,25)26/h1,4-9,14H,2-3,10-13H2,(H,22,24). The number of carbonyl (C=O) groups is 1. The number of hydrogen-bond acceptors (Lipinski definition) is 3. The Morgan fingerprint density at radius 3 is 2.37 bits per heavy atom. The first-order valence-electron chi connectivity index (χ1n) is 9.09. The Balaban J connectivity index is 1.53.